The summed E-state index contributed by atoms with van der Waals surface area (Å²) in [5, 5.41) is 10.2. The first-order valence-electron chi connectivity index (χ1n) is 3.46. The van der Waals surface area contributed by atoms with Crippen LogP contribution in [0.2, 0.25) is 0 Å². The monoisotopic (exact) mass is 181 g/mol. The molecule has 0 unspecified atom stereocenters. The minimum absolute atomic E-state index is 0.149. The van der Waals surface area contributed by atoms with Crippen LogP contribution in [0.5, 0.6) is 0 Å². The first-order chi connectivity index (χ1) is 6.20. The summed E-state index contributed by atoms with van der Waals surface area (Å²) in [4.78, 5) is 28.5. The summed E-state index contributed by atoms with van der Waals surface area (Å²) in [6, 6.07) is 0. The zero-order valence-corrected chi connectivity index (χ0v) is 6.60. The normalized spacial score (nSPS) is 9.23. The third-order valence-corrected chi connectivity index (χ3v) is 1.25. The van der Waals surface area contributed by atoms with Crippen molar-refractivity contribution in [1.29, 1.82) is 0 Å². The van der Waals surface area contributed by atoms with Gasteiger partial charge in [0.1, 0.15) is 5.69 Å². The van der Waals surface area contributed by atoms with Crippen molar-refractivity contribution in [3.8, 4) is 0 Å². The summed E-state index contributed by atoms with van der Waals surface area (Å²) in [6.45, 7) is -0.284. The first kappa shape index (κ1) is 9.11. The van der Waals surface area contributed by atoms with Gasteiger partial charge in [0.25, 0.3) is 0 Å². The fraction of sp³-hybridized carbons (Fsp3) is 0.143. The quantitative estimate of drug-likeness (QED) is 0.636. The highest BCUT2D eigenvalue weighted by atomic mass is 16.4. The number of amides is 1. The van der Waals surface area contributed by atoms with Crippen LogP contribution in [0.1, 0.15) is 10.5 Å². The number of carbonyl (C=O) groups is 2. The molecule has 1 amide bonds. The lowest BCUT2D eigenvalue weighted by Gasteiger charge is -1.98. The summed E-state index contributed by atoms with van der Waals surface area (Å²) in [7, 11) is 0. The molecule has 1 aromatic rings. The van der Waals surface area contributed by atoms with E-state index >= 15 is 0 Å². The van der Waals surface area contributed by atoms with Crippen LogP contribution < -0.4 is 5.32 Å². The second-order valence-corrected chi connectivity index (χ2v) is 2.17. The number of nitrogens with zero attached hydrogens (tertiary/aromatic N) is 2. The van der Waals surface area contributed by atoms with Crippen molar-refractivity contribution < 1.29 is 14.7 Å². The highest BCUT2D eigenvalue weighted by Gasteiger charge is 2.07. The van der Waals surface area contributed by atoms with Crippen LogP contribution >= 0.6 is 0 Å². The molecule has 0 aliphatic carbocycles. The molecule has 0 atom stereocenters. The van der Waals surface area contributed by atoms with Crippen molar-refractivity contribution in [3.63, 3.8) is 0 Å². The van der Waals surface area contributed by atoms with Gasteiger partial charge in [-0.1, -0.05) is 0 Å². The summed E-state index contributed by atoms with van der Waals surface area (Å²) >= 11 is 0. The Morgan fingerprint density at radius 2 is 2.23 bits per heavy atom. The van der Waals surface area contributed by atoms with E-state index in [-0.39, 0.29) is 12.2 Å². The van der Waals surface area contributed by atoms with Crippen LogP contribution in [-0.4, -0.2) is 33.5 Å². The predicted octanol–water partition coefficient (Wildman–Crippen LogP) is -0.0731. The van der Waals surface area contributed by atoms with Gasteiger partial charge >= 0.3 is 6.09 Å². The first-order valence-corrected chi connectivity index (χ1v) is 3.46. The van der Waals surface area contributed by atoms with Gasteiger partial charge in [-0.3, -0.25) is 9.78 Å². The molecule has 0 bridgehead atoms. The van der Waals surface area contributed by atoms with Crippen LogP contribution in [-0.2, 0) is 0 Å². The number of nitrogens with one attached hydrogen (secondary N) is 1. The maximum atomic E-state index is 11.1. The molecule has 0 saturated heterocycles. The zero-order chi connectivity index (χ0) is 9.68. The standard InChI is InChI=1S/C7H7N3O3/c11-6(4-10-7(12)13)5-3-8-1-2-9-5/h1-3,10H,4H2,(H,12,13). The molecule has 6 heteroatoms. The molecule has 0 spiro atoms. The number of Topliss-reactive ketones (excluding diaryl/α,β-unsaturated/α-hetero) is 1. The molecule has 0 aliphatic heterocycles. The highest BCUT2D eigenvalue weighted by Crippen LogP contribution is 1.90. The number of carbonyl (C=O) groups excluding carboxylic acids is 1. The van der Waals surface area contributed by atoms with Gasteiger partial charge in [0.15, 0.2) is 0 Å². The topological polar surface area (TPSA) is 92.2 Å². The van der Waals surface area contributed by atoms with Crippen LogP contribution in [0, 0.1) is 0 Å². The molecule has 1 aromatic heterocycles. The summed E-state index contributed by atoms with van der Waals surface area (Å²) < 4.78 is 0. The number of ketones is 1. The highest BCUT2D eigenvalue weighted by molar-refractivity contribution is 5.96. The van der Waals surface area contributed by atoms with Gasteiger partial charge in [-0.15, -0.1) is 0 Å². The minimum Gasteiger partial charge on any atom is -0.465 e. The summed E-state index contributed by atoms with van der Waals surface area (Å²) in [5.41, 5.74) is 0.149. The summed E-state index contributed by atoms with van der Waals surface area (Å²) in [5.74, 6) is -0.407. The Morgan fingerprint density at radius 1 is 1.46 bits per heavy atom. The average Bonchev–Trinajstić information content (AvgIpc) is 2.15. The molecule has 2 N–H and O–H groups in total. The van der Waals surface area contributed by atoms with E-state index in [1.165, 1.54) is 18.6 Å². The largest absolute Gasteiger partial charge is 0.465 e. The number of aromatic nitrogens is 2. The van der Waals surface area contributed by atoms with Gasteiger partial charge in [0, 0.05) is 12.4 Å². The SMILES string of the molecule is O=C(O)NCC(=O)c1cnccn1. The molecule has 1 heterocycles. The van der Waals surface area contributed by atoms with E-state index in [1.54, 1.807) is 0 Å². The molecule has 0 fully saturated rings. The lowest BCUT2D eigenvalue weighted by molar-refractivity contribution is 0.0982. The van der Waals surface area contributed by atoms with Gasteiger partial charge in [0.2, 0.25) is 5.78 Å². The van der Waals surface area contributed by atoms with Crippen LogP contribution in [0.4, 0.5) is 4.79 Å². The van der Waals surface area contributed by atoms with Crippen molar-refractivity contribution in [1.82, 2.24) is 15.3 Å². The number of carboxylic acid groups (broad SMARTS) is 1. The van der Waals surface area contributed by atoms with Crippen molar-refractivity contribution in [2.45, 2.75) is 0 Å². The molecule has 1 rings (SSSR count). The Balaban J connectivity index is 2.54. The van der Waals surface area contributed by atoms with Gasteiger partial charge in [-0.05, 0) is 0 Å². The Labute approximate surface area is 73.6 Å². The number of rotatable bonds is 3. The predicted molar refractivity (Wildman–Crippen MR) is 42.4 cm³/mol. The molecular formula is C7H7N3O3. The Morgan fingerprint density at radius 3 is 2.77 bits per heavy atom. The lowest BCUT2D eigenvalue weighted by Crippen LogP contribution is -2.28. The minimum atomic E-state index is -1.24. The molecular weight excluding hydrogens is 174 g/mol. The molecule has 68 valence electrons. The Bertz CT molecular complexity index is 312. The summed E-state index contributed by atoms with van der Waals surface area (Å²) in [6.07, 6.45) is 2.85. The second kappa shape index (κ2) is 4.15. The van der Waals surface area contributed by atoms with E-state index in [0.29, 0.717) is 0 Å². The molecule has 0 aliphatic rings. The van der Waals surface area contributed by atoms with E-state index in [2.05, 4.69) is 9.97 Å². The fourth-order valence-corrected chi connectivity index (χ4v) is 0.690. The molecule has 0 radical (unpaired) electrons. The lowest BCUT2D eigenvalue weighted by atomic mass is 10.3. The second-order valence-electron chi connectivity index (χ2n) is 2.17. The Hall–Kier alpha value is -1.98. The van der Waals surface area contributed by atoms with Crippen molar-refractivity contribution >= 4 is 11.9 Å². The number of hydrogen-bond donors (Lipinski definition) is 2. The molecule has 6 nitrogen and oxygen atoms in total. The van der Waals surface area contributed by atoms with Crippen LogP contribution in [0.15, 0.2) is 18.6 Å². The van der Waals surface area contributed by atoms with Crippen LogP contribution in [0.25, 0.3) is 0 Å². The maximum Gasteiger partial charge on any atom is 0.405 e. The van der Waals surface area contributed by atoms with E-state index in [0.717, 1.165) is 0 Å². The number of hydrogen-bond acceptors (Lipinski definition) is 4. The smallest absolute Gasteiger partial charge is 0.405 e. The zero-order valence-electron chi connectivity index (χ0n) is 6.60. The third-order valence-electron chi connectivity index (χ3n) is 1.25. The van der Waals surface area contributed by atoms with Gasteiger partial charge in [0.05, 0.1) is 12.7 Å². The molecule has 0 saturated carbocycles. The average molecular weight is 181 g/mol. The molecule has 0 aromatic carbocycles. The van der Waals surface area contributed by atoms with E-state index < -0.39 is 11.9 Å². The fourth-order valence-electron chi connectivity index (χ4n) is 0.690. The molecule has 13 heavy (non-hydrogen) atoms. The van der Waals surface area contributed by atoms with Crippen molar-refractivity contribution in [2.75, 3.05) is 6.54 Å². The van der Waals surface area contributed by atoms with Gasteiger partial charge in [-0.2, -0.15) is 0 Å². The van der Waals surface area contributed by atoms with Gasteiger partial charge in [-0.25, -0.2) is 9.78 Å². The third kappa shape index (κ3) is 2.86. The maximum absolute atomic E-state index is 11.1. The van der Waals surface area contributed by atoms with Crippen molar-refractivity contribution in [3.05, 3.63) is 24.3 Å². The van der Waals surface area contributed by atoms with E-state index in [1.807, 2.05) is 5.32 Å². The van der Waals surface area contributed by atoms with Gasteiger partial charge < -0.3 is 10.4 Å². The Kier molecular flexibility index (Phi) is 2.91. The van der Waals surface area contributed by atoms with E-state index in [9.17, 15) is 9.59 Å². The van der Waals surface area contributed by atoms with E-state index in [4.69, 9.17) is 5.11 Å². The van der Waals surface area contributed by atoms with Crippen molar-refractivity contribution in [2.24, 2.45) is 0 Å². The van der Waals surface area contributed by atoms with Crippen LogP contribution in [0.3, 0.4) is 0 Å².